The fraction of sp³-hybridized carbons (Fsp3) is 0.214. The molecular weight excluding hydrogens is 262 g/mol. The van der Waals surface area contributed by atoms with Gasteiger partial charge in [0.1, 0.15) is 0 Å². The zero-order valence-corrected chi connectivity index (χ0v) is 10.8. The van der Waals surface area contributed by atoms with E-state index in [-0.39, 0.29) is 0 Å². The first-order valence-corrected chi connectivity index (χ1v) is 6.22. The molecule has 0 radical (unpaired) electrons. The molecule has 0 unspecified atom stereocenters. The van der Waals surface area contributed by atoms with Gasteiger partial charge in [0.2, 0.25) is 0 Å². The third-order valence-electron chi connectivity index (χ3n) is 2.37. The molecule has 0 bridgehead atoms. The number of hydrogen-bond acceptors (Lipinski definition) is 1. The Bertz CT molecular complexity index is 430. The molecule has 2 heteroatoms. The van der Waals surface area contributed by atoms with Gasteiger partial charge in [-0.15, -0.1) is 0 Å². The van der Waals surface area contributed by atoms with E-state index in [1.54, 1.807) is 0 Å². The predicted molar refractivity (Wildman–Crippen MR) is 72.2 cm³/mol. The number of rotatable bonds is 4. The second-order valence-corrected chi connectivity index (χ2v) is 4.16. The smallest absolute Gasteiger partial charge is 0.0994 e. The third kappa shape index (κ3) is 3.36. The molecule has 0 heterocycles. The van der Waals surface area contributed by atoms with E-state index in [1.165, 1.54) is 0 Å². The lowest BCUT2D eigenvalue weighted by Crippen LogP contribution is -1.95. The number of hydrogen-bond donors (Lipinski definition) is 0. The van der Waals surface area contributed by atoms with E-state index in [9.17, 15) is 0 Å². The zero-order valence-electron chi connectivity index (χ0n) is 9.17. The summed E-state index contributed by atoms with van der Waals surface area (Å²) in [5.74, 6) is 0. The van der Waals surface area contributed by atoms with Gasteiger partial charge in [-0.25, -0.2) is 0 Å². The first-order valence-electron chi connectivity index (χ1n) is 5.10. The van der Waals surface area contributed by atoms with Gasteiger partial charge in [0.05, 0.1) is 11.6 Å². The van der Waals surface area contributed by atoms with Crippen molar-refractivity contribution in [2.24, 2.45) is 0 Å². The van der Waals surface area contributed by atoms with Crippen LogP contribution in [0.2, 0.25) is 0 Å². The first-order chi connectivity index (χ1) is 7.69. The van der Waals surface area contributed by atoms with Crippen LogP contribution in [0.25, 0.3) is 0 Å². The Labute approximate surface area is 105 Å². The van der Waals surface area contributed by atoms with E-state index in [1.807, 2.05) is 24.3 Å². The van der Waals surface area contributed by atoms with Crippen LogP contribution >= 0.6 is 15.9 Å². The van der Waals surface area contributed by atoms with Crippen LogP contribution in [0, 0.1) is 11.3 Å². The summed E-state index contributed by atoms with van der Waals surface area (Å²) in [5, 5.41) is 9.74. The molecule has 1 rings (SSSR count). The highest BCUT2D eigenvalue weighted by Gasteiger charge is 2.09. The van der Waals surface area contributed by atoms with Crippen LogP contribution in [0.3, 0.4) is 0 Å². The molecule has 82 valence electrons. The predicted octanol–water partition coefficient (Wildman–Crippen LogP) is 4.22. The summed E-state index contributed by atoms with van der Waals surface area (Å²) in [4.78, 5) is 0. The highest BCUT2D eigenvalue weighted by Crippen LogP contribution is 2.25. The summed E-state index contributed by atoms with van der Waals surface area (Å²) < 4.78 is 0. The molecule has 0 saturated heterocycles. The lowest BCUT2D eigenvalue weighted by Gasteiger charge is -2.11. The molecule has 0 saturated carbocycles. The quantitative estimate of drug-likeness (QED) is 0.557. The second kappa shape index (κ2) is 6.30. The van der Waals surface area contributed by atoms with Crippen molar-refractivity contribution in [2.45, 2.75) is 12.8 Å². The van der Waals surface area contributed by atoms with Crippen molar-refractivity contribution in [1.29, 1.82) is 5.26 Å². The molecule has 0 aromatic carbocycles. The minimum Gasteiger partial charge on any atom is -0.192 e. The summed E-state index contributed by atoms with van der Waals surface area (Å²) in [6.07, 6.45) is 9.62. The first kappa shape index (κ1) is 12.7. The number of nitriles is 1. The lowest BCUT2D eigenvalue weighted by molar-refractivity contribution is 0.967. The summed E-state index contributed by atoms with van der Waals surface area (Å²) in [6, 6.07) is 2.20. The van der Waals surface area contributed by atoms with Gasteiger partial charge in [0.15, 0.2) is 0 Å². The van der Waals surface area contributed by atoms with Crippen molar-refractivity contribution in [3.8, 4) is 6.07 Å². The molecular formula is C14H14BrN. The van der Waals surface area contributed by atoms with Crippen LogP contribution in [-0.4, -0.2) is 5.33 Å². The lowest BCUT2D eigenvalue weighted by atomic mass is 9.92. The fourth-order valence-electron chi connectivity index (χ4n) is 1.47. The number of allylic oxidation sites excluding steroid dienone is 8. The average Bonchev–Trinajstić information content (AvgIpc) is 2.35. The molecule has 1 nitrogen and oxygen atoms in total. The average molecular weight is 276 g/mol. The van der Waals surface area contributed by atoms with E-state index in [0.717, 1.165) is 40.5 Å². The molecule has 0 N–H and O–H groups in total. The molecule has 0 atom stereocenters. The summed E-state index contributed by atoms with van der Waals surface area (Å²) in [7, 11) is 0. The zero-order chi connectivity index (χ0) is 12.0. The largest absolute Gasteiger partial charge is 0.192 e. The molecule has 0 aromatic rings. The van der Waals surface area contributed by atoms with Gasteiger partial charge in [-0.2, -0.15) is 5.26 Å². The summed E-state index contributed by atoms with van der Waals surface area (Å²) >= 11 is 3.33. The van der Waals surface area contributed by atoms with E-state index in [4.69, 9.17) is 5.26 Å². The topological polar surface area (TPSA) is 23.8 Å². The Morgan fingerprint density at radius 3 is 2.88 bits per heavy atom. The maximum absolute atomic E-state index is 8.98. The van der Waals surface area contributed by atoms with Crippen molar-refractivity contribution >= 4 is 15.9 Å². The number of alkyl halides is 1. The SMILES string of the molecule is C=C(/C=C\C(=C)C1=C(C#N)C=CCC1)CBr. The van der Waals surface area contributed by atoms with E-state index < -0.39 is 0 Å². The van der Waals surface area contributed by atoms with Gasteiger partial charge < -0.3 is 0 Å². The van der Waals surface area contributed by atoms with Gasteiger partial charge in [-0.1, -0.05) is 47.3 Å². The van der Waals surface area contributed by atoms with E-state index in [0.29, 0.717) is 0 Å². The van der Waals surface area contributed by atoms with Crippen LogP contribution in [0.5, 0.6) is 0 Å². The van der Waals surface area contributed by atoms with Gasteiger partial charge in [0, 0.05) is 5.33 Å². The fourth-order valence-corrected chi connectivity index (χ4v) is 1.65. The Hall–Kier alpha value is -1.33. The number of nitrogens with zero attached hydrogens (tertiary/aromatic N) is 1. The Balaban J connectivity index is 2.85. The summed E-state index contributed by atoms with van der Waals surface area (Å²) in [5.41, 5.74) is 3.67. The maximum Gasteiger partial charge on any atom is 0.0994 e. The molecule has 0 aliphatic heterocycles. The van der Waals surface area contributed by atoms with Crippen molar-refractivity contribution in [1.82, 2.24) is 0 Å². The Morgan fingerprint density at radius 2 is 2.25 bits per heavy atom. The van der Waals surface area contributed by atoms with Gasteiger partial charge in [0.25, 0.3) is 0 Å². The van der Waals surface area contributed by atoms with Crippen LogP contribution in [0.1, 0.15) is 12.8 Å². The molecule has 0 fully saturated rings. The van der Waals surface area contributed by atoms with E-state index >= 15 is 0 Å². The maximum atomic E-state index is 8.98. The minimum atomic E-state index is 0.727. The van der Waals surface area contributed by atoms with Crippen molar-refractivity contribution < 1.29 is 0 Å². The molecule has 0 amide bonds. The molecule has 1 aliphatic carbocycles. The van der Waals surface area contributed by atoms with Crippen molar-refractivity contribution in [3.63, 3.8) is 0 Å². The molecule has 16 heavy (non-hydrogen) atoms. The molecule has 0 spiro atoms. The van der Waals surface area contributed by atoms with Crippen molar-refractivity contribution in [2.75, 3.05) is 5.33 Å². The highest BCUT2D eigenvalue weighted by molar-refractivity contribution is 9.09. The van der Waals surface area contributed by atoms with Gasteiger partial charge >= 0.3 is 0 Å². The normalized spacial score (nSPS) is 15.2. The van der Waals surface area contributed by atoms with Gasteiger partial charge in [-0.05, 0) is 35.6 Å². The number of halogens is 1. The van der Waals surface area contributed by atoms with E-state index in [2.05, 4.69) is 35.2 Å². The van der Waals surface area contributed by atoms with Crippen LogP contribution < -0.4 is 0 Å². The second-order valence-electron chi connectivity index (χ2n) is 3.60. The highest BCUT2D eigenvalue weighted by atomic mass is 79.9. The van der Waals surface area contributed by atoms with Crippen LogP contribution in [-0.2, 0) is 0 Å². The molecule has 1 aliphatic rings. The van der Waals surface area contributed by atoms with Gasteiger partial charge in [-0.3, -0.25) is 0 Å². The molecule has 0 aromatic heterocycles. The standard InChI is InChI=1S/C14H14BrN/c1-11(9-15)7-8-12(2)14-6-4-3-5-13(14)10-16/h3,5,7-8H,1-2,4,6,9H2/b8-7-. The van der Waals surface area contributed by atoms with Crippen LogP contribution in [0.15, 0.2) is 59.8 Å². The third-order valence-corrected chi connectivity index (χ3v) is 3.09. The van der Waals surface area contributed by atoms with Crippen LogP contribution in [0.4, 0.5) is 0 Å². The monoisotopic (exact) mass is 275 g/mol. The van der Waals surface area contributed by atoms with Crippen molar-refractivity contribution in [3.05, 3.63) is 59.8 Å². The summed E-state index contributed by atoms with van der Waals surface area (Å²) in [6.45, 7) is 7.86. The Morgan fingerprint density at radius 1 is 1.50 bits per heavy atom. The minimum absolute atomic E-state index is 0.727. The Kier molecular flexibility index (Phi) is 5.01.